The van der Waals surface area contributed by atoms with E-state index in [1.54, 1.807) is 0 Å². The van der Waals surface area contributed by atoms with Crippen LogP contribution >= 0.6 is 0 Å². The van der Waals surface area contributed by atoms with Gasteiger partial charge in [-0.15, -0.1) is 0 Å². The summed E-state index contributed by atoms with van der Waals surface area (Å²) in [5.41, 5.74) is 0.376. The van der Waals surface area contributed by atoms with Crippen molar-refractivity contribution >= 4 is 16.0 Å². The van der Waals surface area contributed by atoms with Crippen molar-refractivity contribution in [3.63, 3.8) is 0 Å². The maximum absolute atomic E-state index is 12.7. The molecule has 0 amide bonds. The molecule has 0 aliphatic rings. The van der Waals surface area contributed by atoms with Gasteiger partial charge in [-0.05, 0) is 29.8 Å². The second kappa shape index (κ2) is 6.50. The molecule has 0 saturated heterocycles. The van der Waals surface area contributed by atoms with Crippen molar-refractivity contribution in [2.24, 2.45) is 0 Å². The van der Waals surface area contributed by atoms with E-state index in [-0.39, 0.29) is 18.0 Å². The Kier molecular flexibility index (Phi) is 4.68. The smallest absolute Gasteiger partial charge is 0.371 e. The molecule has 0 atom stereocenters. The summed E-state index contributed by atoms with van der Waals surface area (Å²) in [7, 11) is -4.09. The second-order valence-electron chi connectivity index (χ2n) is 4.24. The molecule has 0 aliphatic heterocycles. The van der Waals surface area contributed by atoms with E-state index < -0.39 is 21.0 Å². The van der Waals surface area contributed by atoms with Gasteiger partial charge in [0.15, 0.2) is 0 Å². The Hall–Kier alpha value is -2.52. The average Bonchev–Trinajstić information content (AvgIpc) is 2.47. The quantitative estimate of drug-likeness (QED) is 0.648. The summed E-state index contributed by atoms with van der Waals surface area (Å²) in [6, 6.07) is 9.90. The minimum absolute atomic E-state index is 0.0581. The number of hydrogen-bond acceptors (Lipinski definition) is 5. The molecule has 9 heteroatoms. The molecule has 0 radical (unpaired) electrons. The largest absolute Gasteiger partial charge is 0.382 e. The average molecular weight is 326 g/mol. The molecular weight excluding hydrogens is 315 g/mol. The summed E-state index contributed by atoms with van der Waals surface area (Å²) in [6.07, 6.45) is 0. The normalized spacial score (nSPS) is 11.1. The lowest BCUT2D eigenvalue weighted by atomic mass is 10.2. The van der Waals surface area contributed by atoms with Crippen LogP contribution in [-0.2, 0) is 16.8 Å². The highest BCUT2D eigenvalue weighted by atomic mass is 32.2. The van der Waals surface area contributed by atoms with Crippen LogP contribution in [0.3, 0.4) is 0 Å². The van der Waals surface area contributed by atoms with E-state index in [1.807, 2.05) is 0 Å². The molecule has 0 aromatic heterocycles. The van der Waals surface area contributed by atoms with Gasteiger partial charge in [0.2, 0.25) is 0 Å². The van der Waals surface area contributed by atoms with Crippen LogP contribution in [0.4, 0.5) is 10.1 Å². The van der Waals surface area contributed by atoms with Crippen molar-refractivity contribution in [3.8, 4) is 5.75 Å². The zero-order valence-electron chi connectivity index (χ0n) is 11.1. The van der Waals surface area contributed by atoms with E-state index in [9.17, 15) is 22.9 Å². The number of nitro benzene ring substituents is 1. The van der Waals surface area contributed by atoms with Crippen molar-refractivity contribution in [2.45, 2.75) is 6.54 Å². The van der Waals surface area contributed by atoms with E-state index >= 15 is 0 Å². The maximum atomic E-state index is 12.7. The monoisotopic (exact) mass is 326 g/mol. The van der Waals surface area contributed by atoms with Crippen molar-refractivity contribution in [3.05, 3.63) is 70.0 Å². The highest BCUT2D eigenvalue weighted by Crippen LogP contribution is 2.18. The molecule has 116 valence electrons. The highest BCUT2D eigenvalue weighted by Gasteiger charge is 2.13. The first-order valence-corrected chi connectivity index (χ1v) is 7.44. The molecule has 22 heavy (non-hydrogen) atoms. The van der Waals surface area contributed by atoms with Crippen LogP contribution in [0.15, 0.2) is 48.5 Å². The van der Waals surface area contributed by atoms with E-state index in [0.29, 0.717) is 5.56 Å². The summed E-state index contributed by atoms with van der Waals surface area (Å²) in [6.45, 7) is -0.0738. The third kappa shape index (κ3) is 4.50. The van der Waals surface area contributed by atoms with E-state index in [2.05, 4.69) is 4.72 Å². The molecule has 1 N–H and O–H groups in total. The minimum atomic E-state index is -4.09. The van der Waals surface area contributed by atoms with Gasteiger partial charge in [-0.25, -0.2) is 4.39 Å². The molecule has 2 aromatic rings. The van der Waals surface area contributed by atoms with Crippen molar-refractivity contribution in [1.29, 1.82) is 0 Å². The molecule has 2 aromatic carbocycles. The molecule has 7 nitrogen and oxygen atoms in total. The number of hydrogen-bond donors (Lipinski definition) is 1. The first kappa shape index (κ1) is 15.9. The lowest BCUT2D eigenvalue weighted by Gasteiger charge is -2.08. The molecule has 0 unspecified atom stereocenters. The first-order valence-electron chi connectivity index (χ1n) is 6.04. The van der Waals surface area contributed by atoms with Crippen LogP contribution in [0.1, 0.15) is 5.56 Å². The van der Waals surface area contributed by atoms with Gasteiger partial charge in [-0.1, -0.05) is 12.1 Å². The Morgan fingerprint density at radius 2 is 1.68 bits per heavy atom. The Morgan fingerprint density at radius 3 is 2.23 bits per heavy atom. The van der Waals surface area contributed by atoms with Gasteiger partial charge in [0.25, 0.3) is 5.69 Å². The molecule has 0 bridgehead atoms. The molecule has 0 aliphatic carbocycles. The third-order valence-corrected chi connectivity index (χ3v) is 3.53. The van der Waals surface area contributed by atoms with Gasteiger partial charge >= 0.3 is 10.3 Å². The summed E-state index contributed by atoms with van der Waals surface area (Å²) in [4.78, 5) is 9.88. The van der Waals surface area contributed by atoms with Gasteiger partial charge < -0.3 is 4.18 Å². The molecule has 0 spiro atoms. The van der Waals surface area contributed by atoms with Crippen LogP contribution in [0.25, 0.3) is 0 Å². The van der Waals surface area contributed by atoms with Crippen molar-refractivity contribution < 1.29 is 21.9 Å². The fourth-order valence-electron chi connectivity index (χ4n) is 1.55. The predicted molar refractivity (Wildman–Crippen MR) is 75.9 cm³/mol. The van der Waals surface area contributed by atoms with E-state index in [1.165, 1.54) is 36.4 Å². The molecule has 0 heterocycles. The summed E-state index contributed by atoms with van der Waals surface area (Å²) < 4.78 is 43.1. The van der Waals surface area contributed by atoms with E-state index in [4.69, 9.17) is 4.18 Å². The van der Waals surface area contributed by atoms with Gasteiger partial charge in [0.05, 0.1) is 4.92 Å². The van der Waals surface area contributed by atoms with Gasteiger partial charge in [-0.3, -0.25) is 10.1 Å². The van der Waals surface area contributed by atoms with Gasteiger partial charge in [0, 0.05) is 18.7 Å². The molecular formula is C13H11FN2O5S. The first-order chi connectivity index (χ1) is 10.4. The molecule has 2 rings (SSSR count). The van der Waals surface area contributed by atoms with Crippen LogP contribution in [0.2, 0.25) is 0 Å². The number of nitrogens with one attached hydrogen (secondary N) is 1. The SMILES string of the molecule is O=[N+]([O-])c1ccc(OS(=O)(=O)NCc2ccc(F)cc2)cc1. The Labute approximate surface area is 125 Å². The minimum Gasteiger partial charge on any atom is -0.371 e. The second-order valence-corrected chi connectivity index (χ2v) is 5.60. The fraction of sp³-hybridized carbons (Fsp3) is 0.0769. The van der Waals surface area contributed by atoms with E-state index in [0.717, 1.165) is 12.1 Å². The Bertz CT molecular complexity index is 760. The summed E-state index contributed by atoms with van der Waals surface area (Å²) in [5, 5.41) is 10.5. The number of rotatable bonds is 6. The molecule has 0 fully saturated rings. The standard InChI is InChI=1S/C13H11FN2O5S/c14-11-3-1-10(2-4-11)9-15-22(19,20)21-13-7-5-12(6-8-13)16(17)18/h1-8,15H,9H2. The van der Waals surface area contributed by atoms with Crippen LogP contribution < -0.4 is 8.91 Å². The maximum Gasteiger partial charge on any atom is 0.382 e. The summed E-state index contributed by atoms with van der Waals surface area (Å²) >= 11 is 0. The number of nitro groups is 1. The van der Waals surface area contributed by atoms with Crippen molar-refractivity contribution in [2.75, 3.05) is 0 Å². The Balaban J connectivity index is 1.98. The number of nitrogens with zero attached hydrogens (tertiary/aromatic N) is 1. The van der Waals surface area contributed by atoms with Gasteiger partial charge in [0.1, 0.15) is 11.6 Å². The van der Waals surface area contributed by atoms with Crippen LogP contribution in [-0.4, -0.2) is 13.3 Å². The number of halogens is 1. The zero-order chi connectivity index (χ0) is 16.2. The lowest BCUT2D eigenvalue weighted by molar-refractivity contribution is -0.384. The van der Waals surface area contributed by atoms with Crippen molar-refractivity contribution in [1.82, 2.24) is 4.72 Å². The fourth-order valence-corrected chi connectivity index (χ4v) is 2.32. The number of non-ortho nitro benzene ring substituents is 1. The van der Waals surface area contributed by atoms with Crippen LogP contribution in [0, 0.1) is 15.9 Å². The van der Waals surface area contributed by atoms with Crippen LogP contribution in [0.5, 0.6) is 5.75 Å². The number of benzene rings is 2. The zero-order valence-corrected chi connectivity index (χ0v) is 11.9. The third-order valence-electron chi connectivity index (χ3n) is 2.62. The Morgan fingerprint density at radius 1 is 1.09 bits per heavy atom. The molecule has 0 saturated carbocycles. The summed E-state index contributed by atoms with van der Waals surface area (Å²) in [5.74, 6) is -0.481. The lowest BCUT2D eigenvalue weighted by Crippen LogP contribution is -2.27. The van der Waals surface area contributed by atoms with Gasteiger partial charge in [-0.2, -0.15) is 13.1 Å². The predicted octanol–water partition coefficient (Wildman–Crippen LogP) is 2.15. The highest BCUT2D eigenvalue weighted by molar-refractivity contribution is 7.85. The topological polar surface area (TPSA) is 98.5 Å².